The molecule has 1 saturated heterocycles. The van der Waals surface area contributed by atoms with Gasteiger partial charge in [0.1, 0.15) is 0 Å². The van der Waals surface area contributed by atoms with E-state index >= 15 is 0 Å². The van der Waals surface area contributed by atoms with Gasteiger partial charge in [0.25, 0.3) is 0 Å². The van der Waals surface area contributed by atoms with Crippen molar-refractivity contribution in [2.24, 2.45) is 0 Å². The molecule has 2 rings (SSSR count). The molecular weight excluding hydrogens is 184 g/mol. The zero-order valence-electron chi connectivity index (χ0n) is 7.93. The van der Waals surface area contributed by atoms with Gasteiger partial charge in [0.15, 0.2) is 5.82 Å². The number of aromatic nitrogens is 2. The molecule has 1 aliphatic rings. The first-order chi connectivity index (χ1) is 6.81. The SMILES string of the molecule is CNC1CCN(Cc2ncon2)C1=O. The topological polar surface area (TPSA) is 71.3 Å². The standard InChI is InChI=1S/C8H12N4O2/c1-9-6-2-3-12(8(6)13)4-7-10-5-14-11-7/h5-6,9H,2-4H2,1H3. The molecule has 76 valence electrons. The number of nitrogens with one attached hydrogen (secondary N) is 1. The Balaban J connectivity index is 1.97. The Hall–Kier alpha value is -1.43. The summed E-state index contributed by atoms with van der Waals surface area (Å²) in [5.74, 6) is 0.660. The second-order valence-corrected chi connectivity index (χ2v) is 3.24. The van der Waals surface area contributed by atoms with E-state index in [4.69, 9.17) is 0 Å². The lowest BCUT2D eigenvalue weighted by Gasteiger charge is -2.13. The van der Waals surface area contributed by atoms with Gasteiger partial charge in [-0.1, -0.05) is 5.16 Å². The Bertz CT molecular complexity index is 311. The van der Waals surface area contributed by atoms with Crippen LogP contribution in [0.1, 0.15) is 12.2 Å². The van der Waals surface area contributed by atoms with Crippen LogP contribution in [0, 0.1) is 0 Å². The largest absolute Gasteiger partial charge is 0.343 e. The summed E-state index contributed by atoms with van der Waals surface area (Å²) >= 11 is 0. The Morgan fingerprint density at radius 3 is 3.21 bits per heavy atom. The van der Waals surface area contributed by atoms with Crippen molar-refractivity contribution in [1.29, 1.82) is 0 Å². The molecule has 0 aliphatic carbocycles. The first-order valence-corrected chi connectivity index (χ1v) is 4.52. The predicted molar refractivity (Wildman–Crippen MR) is 47.2 cm³/mol. The molecule has 1 N–H and O–H groups in total. The third-order valence-corrected chi connectivity index (χ3v) is 2.39. The van der Waals surface area contributed by atoms with Gasteiger partial charge < -0.3 is 14.7 Å². The van der Waals surface area contributed by atoms with E-state index in [1.54, 1.807) is 11.9 Å². The highest BCUT2D eigenvalue weighted by molar-refractivity contribution is 5.83. The summed E-state index contributed by atoms with van der Waals surface area (Å²) in [6.07, 6.45) is 2.11. The lowest BCUT2D eigenvalue weighted by atomic mass is 10.3. The molecule has 0 spiro atoms. The zero-order chi connectivity index (χ0) is 9.97. The van der Waals surface area contributed by atoms with Gasteiger partial charge >= 0.3 is 0 Å². The quantitative estimate of drug-likeness (QED) is 0.698. The van der Waals surface area contributed by atoms with Gasteiger partial charge in [0, 0.05) is 6.54 Å². The molecule has 1 unspecified atom stereocenters. The maximum atomic E-state index is 11.6. The molecule has 6 nitrogen and oxygen atoms in total. The molecular formula is C8H12N4O2. The average molecular weight is 196 g/mol. The summed E-state index contributed by atoms with van der Waals surface area (Å²) in [5, 5.41) is 6.63. The molecule has 0 bridgehead atoms. The van der Waals surface area contributed by atoms with Crippen LogP contribution in [0.3, 0.4) is 0 Å². The molecule has 1 aromatic heterocycles. The van der Waals surface area contributed by atoms with E-state index < -0.39 is 0 Å². The summed E-state index contributed by atoms with van der Waals surface area (Å²) in [6, 6.07) is -0.0538. The summed E-state index contributed by atoms with van der Waals surface area (Å²) in [7, 11) is 1.79. The molecule has 0 radical (unpaired) electrons. The summed E-state index contributed by atoms with van der Waals surface area (Å²) in [4.78, 5) is 17.2. The molecule has 2 heterocycles. The fourth-order valence-corrected chi connectivity index (χ4v) is 1.60. The number of rotatable bonds is 3. The van der Waals surface area contributed by atoms with Gasteiger partial charge in [0.2, 0.25) is 12.3 Å². The van der Waals surface area contributed by atoms with Crippen LogP contribution in [-0.2, 0) is 11.3 Å². The molecule has 0 saturated carbocycles. The molecule has 1 fully saturated rings. The molecule has 1 amide bonds. The highest BCUT2D eigenvalue weighted by Crippen LogP contribution is 2.12. The van der Waals surface area contributed by atoms with E-state index in [1.807, 2.05) is 0 Å². The van der Waals surface area contributed by atoms with Gasteiger partial charge in [-0.15, -0.1) is 0 Å². The zero-order valence-corrected chi connectivity index (χ0v) is 7.93. The highest BCUT2D eigenvalue weighted by atomic mass is 16.5. The van der Waals surface area contributed by atoms with Crippen molar-refractivity contribution in [2.75, 3.05) is 13.6 Å². The van der Waals surface area contributed by atoms with Crippen LogP contribution in [0.2, 0.25) is 0 Å². The minimum atomic E-state index is -0.0538. The van der Waals surface area contributed by atoms with E-state index in [2.05, 4.69) is 20.0 Å². The summed E-state index contributed by atoms with van der Waals surface area (Å²) in [6.45, 7) is 1.19. The predicted octanol–water partition coefficient (Wildman–Crippen LogP) is -0.610. The molecule has 6 heteroatoms. The summed E-state index contributed by atoms with van der Waals surface area (Å²) < 4.78 is 4.60. The number of amides is 1. The second-order valence-electron chi connectivity index (χ2n) is 3.24. The van der Waals surface area contributed by atoms with Crippen molar-refractivity contribution in [1.82, 2.24) is 20.4 Å². The molecule has 1 atom stereocenters. The van der Waals surface area contributed by atoms with Crippen LogP contribution in [-0.4, -0.2) is 40.6 Å². The Morgan fingerprint density at radius 1 is 1.79 bits per heavy atom. The van der Waals surface area contributed by atoms with Crippen LogP contribution >= 0.6 is 0 Å². The van der Waals surface area contributed by atoms with E-state index in [0.717, 1.165) is 13.0 Å². The first-order valence-electron chi connectivity index (χ1n) is 4.52. The third-order valence-electron chi connectivity index (χ3n) is 2.39. The van der Waals surface area contributed by atoms with Crippen molar-refractivity contribution in [3.63, 3.8) is 0 Å². The number of carbonyl (C=O) groups is 1. The van der Waals surface area contributed by atoms with Crippen molar-refractivity contribution < 1.29 is 9.32 Å². The van der Waals surface area contributed by atoms with Gasteiger partial charge in [-0.3, -0.25) is 4.79 Å². The minimum absolute atomic E-state index is 0.0538. The van der Waals surface area contributed by atoms with E-state index in [1.165, 1.54) is 6.39 Å². The Kier molecular flexibility index (Phi) is 2.45. The van der Waals surface area contributed by atoms with Crippen LogP contribution in [0.25, 0.3) is 0 Å². The maximum absolute atomic E-state index is 11.6. The fraction of sp³-hybridized carbons (Fsp3) is 0.625. The summed E-state index contributed by atoms with van der Waals surface area (Å²) in [5.41, 5.74) is 0. The van der Waals surface area contributed by atoms with Crippen molar-refractivity contribution in [3.05, 3.63) is 12.2 Å². The molecule has 0 aromatic carbocycles. The molecule has 1 aromatic rings. The van der Waals surface area contributed by atoms with Gasteiger partial charge in [-0.25, -0.2) is 0 Å². The third kappa shape index (κ3) is 1.60. The van der Waals surface area contributed by atoms with Crippen molar-refractivity contribution in [2.45, 2.75) is 19.0 Å². The van der Waals surface area contributed by atoms with Gasteiger partial charge in [-0.05, 0) is 13.5 Å². The maximum Gasteiger partial charge on any atom is 0.240 e. The Labute approximate surface area is 81.3 Å². The first kappa shape index (κ1) is 9.14. The smallest absolute Gasteiger partial charge is 0.240 e. The van der Waals surface area contributed by atoms with E-state index in [0.29, 0.717) is 12.4 Å². The van der Waals surface area contributed by atoms with Crippen LogP contribution in [0.15, 0.2) is 10.9 Å². The number of likely N-dealkylation sites (N-methyl/N-ethyl adjacent to an activating group) is 1. The highest BCUT2D eigenvalue weighted by Gasteiger charge is 2.30. The van der Waals surface area contributed by atoms with Crippen LogP contribution < -0.4 is 5.32 Å². The normalized spacial score (nSPS) is 21.9. The number of hydrogen-bond donors (Lipinski definition) is 1. The van der Waals surface area contributed by atoms with Gasteiger partial charge in [0.05, 0.1) is 12.6 Å². The number of hydrogen-bond acceptors (Lipinski definition) is 5. The molecule has 1 aliphatic heterocycles. The fourth-order valence-electron chi connectivity index (χ4n) is 1.60. The lowest BCUT2D eigenvalue weighted by molar-refractivity contribution is -0.129. The van der Waals surface area contributed by atoms with Crippen LogP contribution in [0.4, 0.5) is 0 Å². The van der Waals surface area contributed by atoms with Crippen molar-refractivity contribution >= 4 is 5.91 Å². The number of nitrogens with zero attached hydrogens (tertiary/aromatic N) is 3. The van der Waals surface area contributed by atoms with E-state index in [9.17, 15) is 4.79 Å². The number of likely N-dealkylation sites (tertiary alicyclic amines) is 1. The Morgan fingerprint density at radius 2 is 2.64 bits per heavy atom. The lowest BCUT2D eigenvalue weighted by Crippen LogP contribution is -2.36. The van der Waals surface area contributed by atoms with E-state index in [-0.39, 0.29) is 11.9 Å². The van der Waals surface area contributed by atoms with Crippen LogP contribution in [0.5, 0.6) is 0 Å². The second kappa shape index (κ2) is 3.75. The number of carbonyl (C=O) groups excluding carboxylic acids is 1. The average Bonchev–Trinajstić information content (AvgIpc) is 2.79. The van der Waals surface area contributed by atoms with Gasteiger partial charge in [-0.2, -0.15) is 4.98 Å². The molecule has 14 heavy (non-hydrogen) atoms. The monoisotopic (exact) mass is 196 g/mol. The van der Waals surface area contributed by atoms with Crippen molar-refractivity contribution in [3.8, 4) is 0 Å². The minimum Gasteiger partial charge on any atom is -0.343 e.